The van der Waals surface area contributed by atoms with Crippen LogP contribution in [0.2, 0.25) is 5.02 Å². The number of unbranched alkanes of at least 4 members (excludes halogenated alkanes) is 1. The maximum atomic E-state index is 10.0. The zero-order chi connectivity index (χ0) is 21.1. The average Bonchev–Trinajstić information content (AvgIpc) is 2.78. The number of hydrogen-bond acceptors (Lipinski definition) is 4. The van der Waals surface area contributed by atoms with E-state index in [1.165, 1.54) is 5.56 Å². The quantitative estimate of drug-likeness (QED) is 0.445. The van der Waals surface area contributed by atoms with Crippen molar-refractivity contribution in [2.75, 3.05) is 13.7 Å². The molecule has 1 aliphatic carbocycles. The molecule has 0 amide bonds. The summed E-state index contributed by atoms with van der Waals surface area (Å²) in [5, 5.41) is 10.7. The number of halogens is 1. The minimum absolute atomic E-state index is 0.401. The minimum Gasteiger partial charge on any atom is -0.497 e. The van der Waals surface area contributed by atoms with Crippen LogP contribution in [0, 0.1) is 11.3 Å². The van der Waals surface area contributed by atoms with Gasteiger partial charge in [-0.25, -0.2) is 4.98 Å². The molecule has 5 heteroatoms. The van der Waals surface area contributed by atoms with E-state index < -0.39 is 0 Å². The Balaban J connectivity index is 1.95. The third-order valence-electron chi connectivity index (χ3n) is 5.46. The molecule has 1 heterocycles. The molecule has 1 aliphatic rings. The van der Waals surface area contributed by atoms with E-state index in [0.29, 0.717) is 23.1 Å². The number of aryl methyl sites for hydroxylation is 1. The van der Waals surface area contributed by atoms with Gasteiger partial charge in [0.1, 0.15) is 17.4 Å². The van der Waals surface area contributed by atoms with Gasteiger partial charge >= 0.3 is 0 Å². The highest BCUT2D eigenvalue weighted by molar-refractivity contribution is 6.30. The number of nitriles is 1. The third-order valence-corrected chi connectivity index (χ3v) is 5.71. The van der Waals surface area contributed by atoms with Gasteiger partial charge in [-0.15, -0.1) is 0 Å². The summed E-state index contributed by atoms with van der Waals surface area (Å²) < 4.78 is 11.4. The lowest BCUT2D eigenvalue weighted by molar-refractivity contribution is 0.297. The first-order valence-corrected chi connectivity index (χ1v) is 10.6. The second-order valence-electron chi connectivity index (χ2n) is 7.34. The Bertz CT molecular complexity index is 1120. The van der Waals surface area contributed by atoms with Gasteiger partial charge in [0, 0.05) is 16.1 Å². The molecule has 0 aliphatic heterocycles. The van der Waals surface area contributed by atoms with E-state index in [9.17, 15) is 5.26 Å². The Kier molecular flexibility index (Phi) is 5.92. The van der Waals surface area contributed by atoms with E-state index in [2.05, 4.69) is 19.1 Å². The van der Waals surface area contributed by atoms with Crippen molar-refractivity contribution >= 4 is 11.6 Å². The lowest BCUT2D eigenvalue weighted by atomic mass is 9.83. The van der Waals surface area contributed by atoms with Gasteiger partial charge in [-0.1, -0.05) is 37.1 Å². The molecule has 1 aromatic heterocycles. The van der Waals surface area contributed by atoms with Gasteiger partial charge < -0.3 is 9.47 Å². The molecule has 0 atom stereocenters. The predicted octanol–water partition coefficient (Wildman–Crippen LogP) is 6.23. The maximum absolute atomic E-state index is 10.0. The van der Waals surface area contributed by atoms with Gasteiger partial charge in [-0.3, -0.25) is 0 Å². The van der Waals surface area contributed by atoms with Crippen LogP contribution >= 0.6 is 11.6 Å². The van der Waals surface area contributed by atoms with Crippen molar-refractivity contribution in [3.8, 4) is 40.1 Å². The normalized spacial score (nSPS) is 11.9. The third kappa shape index (κ3) is 3.74. The summed E-state index contributed by atoms with van der Waals surface area (Å²) in [6.07, 6.45) is 3.58. The van der Waals surface area contributed by atoms with E-state index in [1.54, 1.807) is 7.11 Å². The molecule has 0 saturated heterocycles. The Morgan fingerprint density at radius 3 is 2.63 bits per heavy atom. The highest BCUT2D eigenvalue weighted by atomic mass is 35.5. The fourth-order valence-corrected chi connectivity index (χ4v) is 4.04. The van der Waals surface area contributed by atoms with Crippen LogP contribution in [0.1, 0.15) is 36.5 Å². The van der Waals surface area contributed by atoms with Crippen LogP contribution in [0.15, 0.2) is 42.5 Å². The number of pyridine rings is 1. The van der Waals surface area contributed by atoms with Gasteiger partial charge in [0.2, 0.25) is 5.88 Å². The number of rotatable bonds is 6. The first kappa shape index (κ1) is 20.3. The van der Waals surface area contributed by atoms with Gasteiger partial charge in [-0.05, 0) is 66.3 Å². The number of nitrogens with zero attached hydrogens (tertiary/aromatic N) is 2. The Labute approximate surface area is 182 Å². The largest absolute Gasteiger partial charge is 0.497 e. The molecule has 0 spiro atoms. The second-order valence-corrected chi connectivity index (χ2v) is 7.77. The van der Waals surface area contributed by atoms with E-state index in [-0.39, 0.29) is 0 Å². The van der Waals surface area contributed by atoms with Crippen molar-refractivity contribution in [3.63, 3.8) is 0 Å². The molecule has 152 valence electrons. The first-order chi connectivity index (χ1) is 14.7. The molecule has 0 bridgehead atoms. The van der Waals surface area contributed by atoms with Gasteiger partial charge in [0.05, 0.1) is 19.4 Å². The van der Waals surface area contributed by atoms with Gasteiger partial charge in [0.25, 0.3) is 0 Å². The van der Waals surface area contributed by atoms with Gasteiger partial charge in [0.15, 0.2) is 0 Å². The van der Waals surface area contributed by atoms with Crippen molar-refractivity contribution in [3.05, 3.63) is 64.2 Å². The van der Waals surface area contributed by atoms with Crippen LogP contribution in [0.4, 0.5) is 0 Å². The monoisotopic (exact) mass is 418 g/mol. The van der Waals surface area contributed by atoms with E-state index in [1.807, 2.05) is 36.4 Å². The van der Waals surface area contributed by atoms with Crippen LogP contribution < -0.4 is 9.47 Å². The van der Waals surface area contributed by atoms with Crippen molar-refractivity contribution in [2.45, 2.75) is 32.6 Å². The molecule has 0 radical (unpaired) electrons. The number of ether oxygens (including phenoxy) is 2. The van der Waals surface area contributed by atoms with Crippen molar-refractivity contribution in [2.24, 2.45) is 0 Å². The summed E-state index contributed by atoms with van der Waals surface area (Å²) in [7, 11) is 1.67. The Hall–Kier alpha value is -3.03. The lowest BCUT2D eigenvalue weighted by Crippen LogP contribution is -2.12. The SMILES string of the molecule is CCCCOc1nc2c(c(-c3ccc(Cl)cc3)c1C#N)CCc1cc(OC)ccc1-2. The molecule has 4 nitrogen and oxygen atoms in total. The fraction of sp³-hybridized carbons (Fsp3) is 0.280. The summed E-state index contributed by atoms with van der Waals surface area (Å²) in [6.45, 7) is 2.64. The van der Waals surface area contributed by atoms with Crippen molar-refractivity contribution in [1.29, 1.82) is 5.26 Å². The number of benzene rings is 2. The lowest BCUT2D eigenvalue weighted by Gasteiger charge is -2.24. The molecule has 2 aromatic carbocycles. The predicted molar refractivity (Wildman–Crippen MR) is 119 cm³/mol. The molecular weight excluding hydrogens is 396 g/mol. The molecular formula is C25H23ClN2O2. The minimum atomic E-state index is 0.401. The molecule has 3 aromatic rings. The van der Waals surface area contributed by atoms with E-state index in [0.717, 1.165) is 59.4 Å². The topological polar surface area (TPSA) is 55.1 Å². The molecule has 0 unspecified atom stereocenters. The number of hydrogen-bond donors (Lipinski definition) is 0. The zero-order valence-corrected chi connectivity index (χ0v) is 17.9. The highest BCUT2D eigenvalue weighted by Crippen LogP contribution is 2.43. The van der Waals surface area contributed by atoms with Crippen LogP contribution in [-0.2, 0) is 12.8 Å². The molecule has 0 N–H and O–H groups in total. The molecule has 0 fully saturated rings. The van der Waals surface area contributed by atoms with Crippen LogP contribution in [0.25, 0.3) is 22.4 Å². The standard InChI is InChI=1S/C25H23ClN2O2/c1-3-4-13-30-25-22(15-27)23(16-5-8-18(26)9-6-16)21-11-7-17-14-19(29-2)10-12-20(17)24(21)28-25/h5-6,8-10,12,14H,3-4,7,11,13H2,1-2H3. The number of aromatic nitrogens is 1. The molecule has 0 saturated carbocycles. The zero-order valence-electron chi connectivity index (χ0n) is 17.2. The average molecular weight is 419 g/mol. The summed E-state index contributed by atoms with van der Waals surface area (Å²) in [5.41, 5.74) is 6.56. The van der Waals surface area contributed by atoms with Crippen molar-refractivity contribution < 1.29 is 9.47 Å². The second kappa shape index (κ2) is 8.77. The number of fused-ring (bicyclic) bond motifs is 3. The summed E-state index contributed by atoms with van der Waals surface area (Å²) in [6, 6.07) is 16.0. The molecule has 30 heavy (non-hydrogen) atoms. The maximum Gasteiger partial charge on any atom is 0.232 e. The smallest absolute Gasteiger partial charge is 0.232 e. The van der Waals surface area contributed by atoms with Crippen LogP contribution in [-0.4, -0.2) is 18.7 Å². The first-order valence-electron chi connectivity index (χ1n) is 10.2. The summed E-state index contributed by atoms with van der Waals surface area (Å²) in [5.74, 6) is 1.24. The van der Waals surface area contributed by atoms with E-state index in [4.69, 9.17) is 26.1 Å². The van der Waals surface area contributed by atoms with Gasteiger partial charge in [-0.2, -0.15) is 5.26 Å². The Morgan fingerprint density at radius 2 is 1.93 bits per heavy atom. The van der Waals surface area contributed by atoms with E-state index >= 15 is 0 Å². The fourth-order valence-electron chi connectivity index (χ4n) is 3.92. The summed E-state index contributed by atoms with van der Waals surface area (Å²) in [4.78, 5) is 4.84. The highest BCUT2D eigenvalue weighted by Gasteiger charge is 2.27. The van der Waals surface area contributed by atoms with Crippen LogP contribution in [0.5, 0.6) is 11.6 Å². The van der Waals surface area contributed by atoms with Crippen LogP contribution in [0.3, 0.4) is 0 Å². The Morgan fingerprint density at radius 1 is 1.13 bits per heavy atom. The van der Waals surface area contributed by atoms with Crippen molar-refractivity contribution in [1.82, 2.24) is 4.98 Å². The number of methoxy groups -OCH3 is 1. The molecule has 4 rings (SSSR count). The summed E-state index contributed by atoms with van der Waals surface area (Å²) >= 11 is 6.11.